The first kappa shape index (κ1) is 18.9. The monoisotopic (exact) mass is 388 g/mol. The fraction of sp³-hybridized carbons (Fsp3) is 0.571. The van der Waals surface area contributed by atoms with Gasteiger partial charge in [-0.25, -0.2) is 0 Å². The molecule has 0 spiro atoms. The molecule has 0 radical (unpaired) electrons. The van der Waals surface area contributed by atoms with Crippen molar-refractivity contribution in [2.24, 2.45) is 5.92 Å². The van der Waals surface area contributed by atoms with E-state index in [1.807, 2.05) is 16.2 Å². The number of piperidine rings is 2. The molecule has 1 aromatic heterocycles. The van der Waals surface area contributed by atoms with Crippen molar-refractivity contribution < 1.29 is 14.6 Å². The maximum atomic E-state index is 12.2. The van der Waals surface area contributed by atoms with Crippen LogP contribution in [-0.2, 0) is 16.1 Å². The Morgan fingerprint density at radius 2 is 2.07 bits per heavy atom. The third-order valence-electron chi connectivity index (χ3n) is 6.26. The molecule has 5 nitrogen and oxygen atoms in total. The number of benzene rings is 1. The molecule has 6 heteroatoms. The number of amides is 1. The van der Waals surface area contributed by atoms with Gasteiger partial charge in [0, 0.05) is 55.3 Å². The highest BCUT2D eigenvalue weighted by atomic mass is 32.1. The van der Waals surface area contributed by atoms with Gasteiger partial charge in [0.2, 0.25) is 5.91 Å². The van der Waals surface area contributed by atoms with Gasteiger partial charge >= 0.3 is 0 Å². The molecule has 2 fully saturated rings. The van der Waals surface area contributed by atoms with Gasteiger partial charge in [0.05, 0.1) is 5.60 Å². The number of hydrogen-bond donors (Lipinski definition) is 1. The van der Waals surface area contributed by atoms with Crippen LogP contribution in [0, 0.1) is 12.8 Å². The Hall–Kier alpha value is -1.47. The summed E-state index contributed by atoms with van der Waals surface area (Å²) in [6.07, 6.45) is 1.45. The van der Waals surface area contributed by atoms with Gasteiger partial charge in [-0.15, -0.1) is 11.3 Å². The van der Waals surface area contributed by atoms with E-state index in [9.17, 15) is 9.90 Å². The highest BCUT2D eigenvalue weighted by Crippen LogP contribution is 2.37. The molecule has 2 atom stereocenters. The maximum absolute atomic E-state index is 12.2. The number of carbonyl (C=O) groups excluding carboxylic acids is 1. The number of hydrogen-bond acceptors (Lipinski definition) is 5. The highest BCUT2D eigenvalue weighted by molar-refractivity contribution is 7.19. The topological polar surface area (TPSA) is 53.0 Å². The Kier molecular flexibility index (Phi) is 5.25. The molecule has 27 heavy (non-hydrogen) atoms. The molecule has 146 valence electrons. The minimum absolute atomic E-state index is 0.0244. The lowest BCUT2D eigenvalue weighted by Crippen LogP contribution is -2.60. The molecule has 1 aromatic carbocycles. The smallest absolute Gasteiger partial charge is 0.248 e. The lowest BCUT2D eigenvalue weighted by atomic mass is 9.75. The molecule has 3 heterocycles. The van der Waals surface area contributed by atoms with Crippen molar-refractivity contribution in [1.29, 1.82) is 0 Å². The molecule has 0 aliphatic carbocycles. The number of rotatable bonds is 4. The second-order valence-electron chi connectivity index (χ2n) is 7.94. The number of thiophene rings is 1. The number of nitrogens with zero attached hydrogens (tertiary/aromatic N) is 2. The Balaban J connectivity index is 1.48. The Morgan fingerprint density at radius 3 is 2.89 bits per heavy atom. The van der Waals surface area contributed by atoms with Crippen LogP contribution in [0.2, 0.25) is 0 Å². The zero-order chi connectivity index (χ0) is 19.0. The van der Waals surface area contributed by atoms with Gasteiger partial charge in [-0.2, -0.15) is 0 Å². The first-order valence-electron chi connectivity index (χ1n) is 9.68. The summed E-state index contributed by atoms with van der Waals surface area (Å²) in [7, 11) is 1.55. The molecule has 2 saturated heterocycles. The van der Waals surface area contributed by atoms with E-state index in [1.54, 1.807) is 7.11 Å². The van der Waals surface area contributed by atoms with Crippen LogP contribution in [0.5, 0.6) is 0 Å². The standard InChI is InChI=1S/C21H28N2O3S/c1-15-18(17-5-3-4-6-19(17)27-15)13-22-9-7-21(25)8-10-23(12-16(21)11-22)20(24)14-26-2/h3-6,16,25H,7-14H2,1-2H3/t16-,21-/m0/s1. The van der Waals surface area contributed by atoms with Crippen molar-refractivity contribution in [3.8, 4) is 0 Å². The minimum atomic E-state index is -0.633. The molecule has 1 amide bonds. The van der Waals surface area contributed by atoms with Crippen LogP contribution >= 0.6 is 11.3 Å². The summed E-state index contributed by atoms with van der Waals surface area (Å²) in [4.78, 5) is 17.9. The molecule has 0 bridgehead atoms. The molecule has 0 unspecified atom stereocenters. The lowest BCUT2D eigenvalue weighted by molar-refractivity contribution is -0.150. The van der Waals surface area contributed by atoms with Gasteiger partial charge in [-0.3, -0.25) is 9.69 Å². The van der Waals surface area contributed by atoms with Crippen molar-refractivity contribution >= 4 is 27.3 Å². The van der Waals surface area contributed by atoms with Crippen molar-refractivity contribution in [3.63, 3.8) is 0 Å². The van der Waals surface area contributed by atoms with E-state index in [4.69, 9.17) is 4.74 Å². The predicted molar refractivity (Wildman–Crippen MR) is 108 cm³/mol. The number of likely N-dealkylation sites (tertiary alicyclic amines) is 2. The second kappa shape index (κ2) is 7.51. The van der Waals surface area contributed by atoms with E-state index in [0.717, 1.165) is 26.1 Å². The van der Waals surface area contributed by atoms with Gasteiger partial charge in [0.1, 0.15) is 6.61 Å². The van der Waals surface area contributed by atoms with Crippen molar-refractivity contribution in [1.82, 2.24) is 9.80 Å². The molecule has 4 rings (SSSR count). The Bertz CT molecular complexity index is 836. The molecular formula is C21H28N2O3S. The van der Waals surface area contributed by atoms with Crippen molar-refractivity contribution in [3.05, 3.63) is 34.7 Å². The van der Waals surface area contributed by atoms with Crippen LogP contribution in [0.1, 0.15) is 23.3 Å². The maximum Gasteiger partial charge on any atom is 0.248 e. The number of fused-ring (bicyclic) bond motifs is 2. The van der Waals surface area contributed by atoms with Gasteiger partial charge < -0.3 is 14.7 Å². The van der Waals surface area contributed by atoms with Crippen LogP contribution in [0.25, 0.3) is 10.1 Å². The highest BCUT2D eigenvalue weighted by Gasteiger charge is 2.45. The average Bonchev–Trinajstić information content (AvgIpc) is 2.97. The summed E-state index contributed by atoms with van der Waals surface area (Å²) in [5, 5.41) is 12.4. The van der Waals surface area contributed by atoms with Crippen molar-refractivity contribution in [2.75, 3.05) is 39.9 Å². The number of ether oxygens (including phenoxy) is 1. The molecule has 2 aromatic rings. The van der Waals surface area contributed by atoms with E-state index in [2.05, 4.69) is 36.1 Å². The fourth-order valence-corrected chi connectivity index (χ4v) is 5.67. The SMILES string of the molecule is COCC(=O)N1CC[C@@]2(O)CCN(Cc3c(C)sc4ccccc34)C[C@H]2C1. The zero-order valence-electron chi connectivity index (χ0n) is 16.1. The van der Waals surface area contributed by atoms with Gasteiger partial charge in [-0.05, 0) is 36.8 Å². The Morgan fingerprint density at radius 1 is 1.30 bits per heavy atom. The lowest BCUT2D eigenvalue weighted by Gasteiger charge is -2.50. The van der Waals surface area contributed by atoms with Crippen molar-refractivity contribution in [2.45, 2.75) is 31.9 Å². The summed E-state index contributed by atoms with van der Waals surface area (Å²) in [5.74, 6) is 0.127. The Labute approximate surface area is 164 Å². The van der Waals surface area contributed by atoms with Gasteiger partial charge in [0.15, 0.2) is 0 Å². The minimum Gasteiger partial charge on any atom is -0.389 e. The molecule has 2 aliphatic rings. The van der Waals surface area contributed by atoms with Crippen LogP contribution in [-0.4, -0.2) is 66.3 Å². The summed E-state index contributed by atoms with van der Waals surface area (Å²) in [6, 6.07) is 8.59. The third kappa shape index (κ3) is 3.63. The number of methoxy groups -OCH3 is 1. The average molecular weight is 389 g/mol. The normalized spacial score (nSPS) is 26.3. The second-order valence-corrected chi connectivity index (χ2v) is 9.20. The van der Waals surface area contributed by atoms with E-state index in [0.29, 0.717) is 19.5 Å². The summed E-state index contributed by atoms with van der Waals surface area (Å²) >= 11 is 1.86. The number of carbonyl (C=O) groups is 1. The van der Waals surface area contributed by atoms with Crippen LogP contribution in [0.4, 0.5) is 0 Å². The summed E-state index contributed by atoms with van der Waals surface area (Å²) in [6.45, 7) is 6.22. The van der Waals surface area contributed by atoms with Crippen LogP contribution in [0.3, 0.4) is 0 Å². The van der Waals surface area contributed by atoms with E-state index in [-0.39, 0.29) is 18.4 Å². The van der Waals surface area contributed by atoms with Gasteiger partial charge in [-0.1, -0.05) is 18.2 Å². The number of aryl methyl sites for hydroxylation is 1. The molecule has 2 aliphatic heterocycles. The molecule has 1 N–H and O–H groups in total. The predicted octanol–water partition coefficient (Wildman–Crippen LogP) is 2.64. The quantitative estimate of drug-likeness (QED) is 0.875. The largest absolute Gasteiger partial charge is 0.389 e. The van der Waals surface area contributed by atoms with E-state index in [1.165, 1.54) is 20.5 Å². The number of aliphatic hydroxyl groups is 1. The zero-order valence-corrected chi connectivity index (χ0v) is 16.9. The first-order chi connectivity index (χ1) is 13.0. The van der Waals surface area contributed by atoms with E-state index >= 15 is 0 Å². The van der Waals surface area contributed by atoms with Crippen LogP contribution in [0.15, 0.2) is 24.3 Å². The summed E-state index contributed by atoms with van der Waals surface area (Å²) < 4.78 is 6.34. The van der Waals surface area contributed by atoms with Gasteiger partial charge in [0.25, 0.3) is 0 Å². The van der Waals surface area contributed by atoms with Crippen LogP contribution < -0.4 is 0 Å². The first-order valence-corrected chi connectivity index (χ1v) is 10.5. The summed E-state index contributed by atoms with van der Waals surface area (Å²) in [5.41, 5.74) is 0.774. The third-order valence-corrected chi connectivity index (χ3v) is 7.39. The molecular weight excluding hydrogens is 360 g/mol. The fourth-order valence-electron chi connectivity index (χ4n) is 4.60. The molecule has 0 saturated carbocycles. The van der Waals surface area contributed by atoms with E-state index < -0.39 is 5.60 Å².